The van der Waals surface area contributed by atoms with Gasteiger partial charge in [0, 0.05) is 48.1 Å². The Balaban J connectivity index is 1.45. The van der Waals surface area contributed by atoms with Crippen LogP contribution in [0.25, 0.3) is 43.6 Å². The number of fused-ring (bicyclic) bond motifs is 6. The molecule has 2 aromatic heterocycles. The number of para-hydroxylation sites is 2. The molecule has 0 saturated heterocycles. The van der Waals surface area contributed by atoms with E-state index in [9.17, 15) is 5.11 Å². The standard InChI is InChI=1S/C27H20BBrN2O/c28-17-9-11-26-22(13-17)23-14-18(29)10-12-27(23)31(26)16-19(32)15-30-24-7-3-1-5-20(24)21-6-2-4-8-25(21)30/h1-14,19,32H,15-16H2. The first kappa shape index (κ1) is 19.7. The highest BCUT2D eigenvalue weighted by molar-refractivity contribution is 9.10. The number of hydrogen-bond acceptors (Lipinski definition) is 1. The van der Waals surface area contributed by atoms with Crippen LogP contribution in [0.5, 0.6) is 0 Å². The van der Waals surface area contributed by atoms with Crippen molar-refractivity contribution in [2.75, 3.05) is 0 Å². The zero-order chi connectivity index (χ0) is 21.8. The Morgan fingerprint density at radius 3 is 1.78 bits per heavy atom. The molecule has 6 rings (SSSR count). The second-order valence-corrected chi connectivity index (χ2v) is 9.26. The molecule has 0 spiro atoms. The zero-order valence-corrected chi connectivity index (χ0v) is 19.0. The number of aliphatic hydroxyl groups is 1. The number of aromatic nitrogens is 2. The summed E-state index contributed by atoms with van der Waals surface area (Å²) in [6.45, 7) is 1.01. The van der Waals surface area contributed by atoms with Crippen molar-refractivity contribution in [1.82, 2.24) is 9.13 Å². The Morgan fingerprint density at radius 1 is 0.656 bits per heavy atom. The summed E-state index contributed by atoms with van der Waals surface area (Å²) in [6, 6.07) is 29.0. The lowest BCUT2D eigenvalue weighted by atomic mass is 9.94. The average Bonchev–Trinajstić information content (AvgIpc) is 3.27. The number of aliphatic hydroxyl groups excluding tert-OH is 1. The van der Waals surface area contributed by atoms with Crippen LogP contribution in [-0.2, 0) is 13.1 Å². The van der Waals surface area contributed by atoms with Crippen molar-refractivity contribution in [2.24, 2.45) is 0 Å². The third-order valence-corrected chi connectivity index (χ3v) is 6.81. The van der Waals surface area contributed by atoms with Crippen molar-refractivity contribution in [3.8, 4) is 0 Å². The minimum atomic E-state index is -0.561. The van der Waals surface area contributed by atoms with E-state index in [1.807, 2.05) is 24.3 Å². The van der Waals surface area contributed by atoms with Crippen molar-refractivity contribution in [2.45, 2.75) is 19.2 Å². The van der Waals surface area contributed by atoms with Crippen LogP contribution in [-0.4, -0.2) is 28.2 Å². The van der Waals surface area contributed by atoms with E-state index < -0.39 is 6.10 Å². The fourth-order valence-electron chi connectivity index (χ4n) is 4.97. The Bertz CT molecular complexity index is 1520. The zero-order valence-electron chi connectivity index (χ0n) is 17.4. The maximum Gasteiger partial charge on any atom is 0.113 e. The second-order valence-electron chi connectivity index (χ2n) is 8.35. The molecule has 0 aliphatic carbocycles. The maximum atomic E-state index is 11.3. The molecule has 32 heavy (non-hydrogen) atoms. The van der Waals surface area contributed by atoms with E-state index in [4.69, 9.17) is 7.85 Å². The molecule has 1 atom stereocenters. The molecule has 0 saturated carbocycles. The fourth-order valence-corrected chi connectivity index (χ4v) is 5.33. The molecule has 6 aromatic rings. The molecular formula is C27H20BBrN2O. The van der Waals surface area contributed by atoms with Gasteiger partial charge in [-0.25, -0.2) is 0 Å². The van der Waals surface area contributed by atoms with Crippen molar-refractivity contribution < 1.29 is 5.11 Å². The summed E-state index contributed by atoms with van der Waals surface area (Å²) in [5.41, 5.74) is 5.20. The minimum absolute atomic E-state index is 0.492. The molecule has 154 valence electrons. The molecule has 3 nitrogen and oxygen atoms in total. The molecule has 1 N–H and O–H groups in total. The lowest BCUT2D eigenvalue weighted by molar-refractivity contribution is 0.140. The van der Waals surface area contributed by atoms with Crippen molar-refractivity contribution >= 4 is 72.9 Å². The van der Waals surface area contributed by atoms with Crippen LogP contribution in [0.2, 0.25) is 0 Å². The van der Waals surface area contributed by atoms with Crippen LogP contribution in [0.4, 0.5) is 0 Å². The first-order valence-electron chi connectivity index (χ1n) is 10.7. The van der Waals surface area contributed by atoms with Crippen LogP contribution in [0.3, 0.4) is 0 Å². The van der Waals surface area contributed by atoms with Crippen LogP contribution in [0.1, 0.15) is 0 Å². The van der Waals surface area contributed by atoms with Gasteiger partial charge >= 0.3 is 0 Å². The topological polar surface area (TPSA) is 30.1 Å². The smallest absolute Gasteiger partial charge is 0.113 e. The lowest BCUT2D eigenvalue weighted by Gasteiger charge is -2.16. The summed E-state index contributed by atoms with van der Waals surface area (Å²) in [7, 11) is 6.09. The van der Waals surface area contributed by atoms with Crippen LogP contribution in [0.15, 0.2) is 89.4 Å². The van der Waals surface area contributed by atoms with Crippen molar-refractivity contribution in [3.63, 3.8) is 0 Å². The Morgan fingerprint density at radius 2 is 1.16 bits per heavy atom. The minimum Gasteiger partial charge on any atom is -0.389 e. The molecule has 5 heteroatoms. The third kappa shape index (κ3) is 3.07. The molecular weight excluding hydrogens is 459 g/mol. The van der Waals surface area contributed by atoms with Gasteiger partial charge in [-0.1, -0.05) is 69.9 Å². The van der Waals surface area contributed by atoms with E-state index >= 15 is 0 Å². The van der Waals surface area contributed by atoms with Gasteiger partial charge in [0.15, 0.2) is 0 Å². The third-order valence-electron chi connectivity index (χ3n) is 6.32. The van der Waals surface area contributed by atoms with Gasteiger partial charge in [0.1, 0.15) is 7.85 Å². The summed E-state index contributed by atoms with van der Waals surface area (Å²) in [6.07, 6.45) is -0.561. The summed E-state index contributed by atoms with van der Waals surface area (Å²) in [5, 5.41) is 15.9. The van der Waals surface area contributed by atoms with E-state index in [-0.39, 0.29) is 0 Å². The number of benzene rings is 4. The normalized spacial score (nSPS) is 12.9. The highest BCUT2D eigenvalue weighted by atomic mass is 79.9. The van der Waals surface area contributed by atoms with Gasteiger partial charge in [0.05, 0.1) is 19.2 Å². The quantitative estimate of drug-likeness (QED) is 0.332. The number of hydrogen-bond donors (Lipinski definition) is 1. The molecule has 4 aromatic carbocycles. The molecule has 0 aliphatic heterocycles. The fraction of sp³-hybridized carbons (Fsp3) is 0.111. The van der Waals surface area contributed by atoms with Gasteiger partial charge in [-0.3, -0.25) is 0 Å². The molecule has 1 unspecified atom stereocenters. The van der Waals surface area contributed by atoms with Crippen LogP contribution in [0, 0.1) is 0 Å². The molecule has 2 heterocycles. The van der Waals surface area contributed by atoms with Crippen LogP contribution >= 0.6 is 15.9 Å². The summed E-state index contributed by atoms with van der Waals surface area (Å²) < 4.78 is 5.46. The second kappa shape index (κ2) is 7.54. The SMILES string of the molecule is [B]c1ccc2c(c1)c1cc(Br)ccc1n2CC(O)Cn1c2ccccc2c2ccccc21. The van der Waals surface area contributed by atoms with E-state index in [1.165, 1.54) is 10.8 Å². The lowest BCUT2D eigenvalue weighted by Crippen LogP contribution is -2.22. The Hall–Kier alpha value is -3.02. The summed E-state index contributed by atoms with van der Waals surface area (Å²) >= 11 is 3.59. The molecule has 0 amide bonds. The Labute approximate surface area is 195 Å². The van der Waals surface area contributed by atoms with Crippen molar-refractivity contribution in [1.29, 1.82) is 0 Å². The first-order chi connectivity index (χ1) is 15.6. The molecule has 2 radical (unpaired) electrons. The Kier molecular flexibility index (Phi) is 4.63. The van der Waals surface area contributed by atoms with Gasteiger partial charge in [0.25, 0.3) is 0 Å². The van der Waals surface area contributed by atoms with Gasteiger partial charge < -0.3 is 14.2 Å². The number of halogens is 1. The van der Waals surface area contributed by atoms with Gasteiger partial charge in [-0.2, -0.15) is 0 Å². The number of rotatable bonds is 4. The highest BCUT2D eigenvalue weighted by Crippen LogP contribution is 2.32. The maximum absolute atomic E-state index is 11.3. The van der Waals surface area contributed by atoms with E-state index in [1.54, 1.807) is 0 Å². The van der Waals surface area contributed by atoms with E-state index in [2.05, 4.69) is 85.7 Å². The van der Waals surface area contributed by atoms with Gasteiger partial charge in [-0.15, -0.1) is 0 Å². The predicted molar refractivity (Wildman–Crippen MR) is 138 cm³/mol. The van der Waals surface area contributed by atoms with Crippen LogP contribution < -0.4 is 5.46 Å². The predicted octanol–water partition coefficient (Wildman–Crippen LogP) is 5.52. The largest absolute Gasteiger partial charge is 0.389 e. The van der Waals surface area contributed by atoms with E-state index in [0.717, 1.165) is 42.8 Å². The van der Waals surface area contributed by atoms with Gasteiger partial charge in [0.2, 0.25) is 0 Å². The molecule has 0 bridgehead atoms. The highest BCUT2D eigenvalue weighted by Gasteiger charge is 2.17. The molecule has 0 aliphatic rings. The van der Waals surface area contributed by atoms with Gasteiger partial charge in [-0.05, 0) is 36.4 Å². The summed E-state index contributed by atoms with van der Waals surface area (Å²) in [4.78, 5) is 0. The number of nitrogens with zero attached hydrogens (tertiary/aromatic N) is 2. The van der Waals surface area contributed by atoms with E-state index in [0.29, 0.717) is 13.1 Å². The monoisotopic (exact) mass is 478 g/mol. The first-order valence-corrected chi connectivity index (χ1v) is 11.5. The average molecular weight is 479 g/mol. The summed E-state index contributed by atoms with van der Waals surface area (Å²) in [5.74, 6) is 0. The molecule has 0 fully saturated rings. The van der Waals surface area contributed by atoms with Crippen molar-refractivity contribution in [3.05, 3.63) is 89.4 Å².